The Hall–Kier alpha value is -2.68. The Balaban J connectivity index is 1.59. The number of benzene rings is 2. The highest BCUT2D eigenvalue weighted by Crippen LogP contribution is 2.30. The lowest BCUT2D eigenvalue weighted by Crippen LogP contribution is -2.34. The summed E-state index contributed by atoms with van der Waals surface area (Å²) < 4.78 is 30.8. The van der Waals surface area contributed by atoms with Gasteiger partial charge in [-0.05, 0) is 59.7 Å². The first-order chi connectivity index (χ1) is 17.2. The molecule has 0 spiro atoms. The van der Waals surface area contributed by atoms with Crippen molar-refractivity contribution in [2.45, 2.75) is 58.6 Å². The van der Waals surface area contributed by atoms with Crippen molar-refractivity contribution < 1.29 is 23.1 Å². The Morgan fingerprint density at radius 2 is 1.61 bits per heavy atom. The van der Waals surface area contributed by atoms with Crippen LogP contribution in [0, 0.1) is 0 Å². The molecule has 1 N–H and O–H groups in total. The maximum absolute atomic E-state index is 11.9. The van der Waals surface area contributed by atoms with E-state index >= 15 is 0 Å². The third-order valence-electron chi connectivity index (χ3n) is 6.04. The van der Waals surface area contributed by atoms with Gasteiger partial charge in [0, 0.05) is 16.3 Å². The van der Waals surface area contributed by atoms with E-state index in [1.165, 1.54) is 42.6 Å². The van der Waals surface area contributed by atoms with Gasteiger partial charge >= 0.3 is 5.97 Å². The molecule has 194 valence electrons. The van der Waals surface area contributed by atoms with Gasteiger partial charge in [-0.2, -0.15) is 4.31 Å². The first-order valence-electron chi connectivity index (χ1n) is 12.3. The number of aliphatic carboxylic acids is 1. The molecule has 0 saturated heterocycles. The molecule has 2 aromatic carbocycles. The molecule has 36 heavy (non-hydrogen) atoms. The molecule has 0 saturated carbocycles. The Morgan fingerprint density at radius 1 is 0.972 bits per heavy atom. The Morgan fingerprint density at radius 3 is 2.17 bits per heavy atom. The molecule has 3 aromatic rings. The van der Waals surface area contributed by atoms with Crippen molar-refractivity contribution in [2.24, 2.45) is 0 Å². The minimum Gasteiger partial charge on any atom is -0.489 e. The molecule has 0 aliphatic heterocycles. The second-order valence-corrected chi connectivity index (χ2v) is 12.2. The molecular formula is C28H35NO5S2. The smallest absolute Gasteiger partial charge is 0.318 e. The fourth-order valence-electron chi connectivity index (χ4n) is 4.18. The molecule has 0 unspecified atom stereocenters. The van der Waals surface area contributed by atoms with Crippen molar-refractivity contribution in [1.82, 2.24) is 4.31 Å². The Labute approximate surface area is 218 Å². The summed E-state index contributed by atoms with van der Waals surface area (Å²) >= 11 is 1.45. The fraction of sp³-hybridized carbons (Fsp3) is 0.393. The molecule has 6 nitrogen and oxygen atoms in total. The van der Waals surface area contributed by atoms with E-state index in [4.69, 9.17) is 9.84 Å². The highest BCUT2D eigenvalue weighted by molar-refractivity contribution is 7.88. The molecule has 0 amide bonds. The van der Waals surface area contributed by atoms with E-state index in [0.717, 1.165) is 37.2 Å². The number of hydrogen-bond donors (Lipinski definition) is 1. The van der Waals surface area contributed by atoms with Gasteiger partial charge in [-0.3, -0.25) is 4.79 Å². The van der Waals surface area contributed by atoms with Crippen molar-refractivity contribution in [3.63, 3.8) is 0 Å². The molecule has 0 atom stereocenters. The second-order valence-electron chi connectivity index (χ2n) is 9.02. The van der Waals surface area contributed by atoms with Gasteiger partial charge in [-0.15, -0.1) is 11.3 Å². The average molecular weight is 530 g/mol. The zero-order valence-electron chi connectivity index (χ0n) is 21.1. The maximum Gasteiger partial charge on any atom is 0.318 e. The van der Waals surface area contributed by atoms with E-state index in [2.05, 4.69) is 38.1 Å². The van der Waals surface area contributed by atoms with Gasteiger partial charge in [0.15, 0.2) is 0 Å². The molecule has 8 heteroatoms. The third kappa shape index (κ3) is 8.18. The molecule has 0 bridgehead atoms. The van der Waals surface area contributed by atoms with E-state index < -0.39 is 22.5 Å². The molecule has 1 heterocycles. The van der Waals surface area contributed by atoms with Crippen molar-refractivity contribution >= 4 is 27.3 Å². The van der Waals surface area contributed by atoms with Crippen LogP contribution in [0.1, 0.15) is 61.5 Å². The number of thiophene rings is 1. The SMILES string of the molecule is CCCC(CCC)c1ccc(OCc2ccc(-c3ccc(CN(CC(=O)O)S(C)(=O)=O)s3)cc2)cc1. The van der Waals surface area contributed by atoms with Gasteiger partial charge in [0.25, 0.3) is 0 Å². The number of carboxylic acid groups (broad SMARTS) is 1. The first-order valence-corrected chi connectivity index (χ1v) is 14.9. The van der Waals surface area contributed by atoms with E-state index in [1.54, 1.807) is 0 Å². The standard InChI is InChI=1S/C28H35NO5S2/c1-4-6-22(7-5-2)23-12-14-25(15-13-23)34-20-21-8-10-24(11-9-21)27-17-16-26(35-27)18-29(19-28(30)31)36(3,32)33/h8-17,22H,4-7,18-20H2,1-3H3,(H,30,31). The Bertz CT molecular complexity index is 1210. The predicted molar refractivity (Wildman–Crippen MR) is 146 cm³/mol. The van der Waals surface area contributed by atoms with Gasteiger partial charge in [0.1, 0.15) is 18.9 Å². The van der Waals surface area contributed by atoms with E-state index in [0.29, 0.717) is 12.5 Å². The number of carbonyl (C=O) groups is 1. The van der Waals surface area contributed by atoms with Gasteiger partial charge in [0.05, 0.1) is 6.26 Å². The van der Waals surface area contributed by atoms with Crippen LogP contribution in [0.3, 0.4) is 0 Å². The second kappa shape index (κ2) is 13.0. The molecule has 1 aromatic heterocycles. The summed E-state index contributed by atoms with van der Waals surface area (Å²) in [6, 6.07) is 20.3. The minimum absolute atomic E-state index is 0.0398. The van der Waals surface area contributed by atoms with Gasteiger partial charge in [0.2, 0.25) is 10.0 Å². The molecule has 0 radical (unpaired) electrons. The van der Waals surface area contributed by atoms with Gasteiger partial charge in [-0.25, -0.2) is 8.42 Å². The lowest BCUT2D eigenvalue weighted by molar-refractivity contribution is -0.137. The lowest BCUT2D eigenvalue weighted by Gasteiger charge is -2.16. The van der Waals surface area contributed by atoms with Crippen LogP contribution < -0.4 is 4.74 Å². The summed E-state index contributed by atoms with van der Waals surface area (Å²) in [5.74, 6) is 0.295. The highest BCUT2D eigenvalue weighted by Gasteiger charge is 2.21. The van der Waals surface area contributed by atoms with Crippen molar-refractivity contribution in [3.05, 3.63) is 76.7 Å². The van der Waals surface area contributed by atoms with E-state index in [-0.39, 0.29) is 6.54 Å². The summed E-state index contributed by atoms with van der Waals surface area (Å²) in [6.45, 7) is 4.43. The quantitative estimate of drug-likeness (QED) is 0.257. The van der Waals surface area contributed by atoms with Crippen molar-refractivity contribution in [2.75, 3.05) is 12.8 Å². The molecule has 3 rings (SSSR count). The zero-order chi connectivity index (χ0) is 26.1. The fourth-order valence-corrected chi connectivity index (χ4v) is 6.01. The molecule has 0 aliphatic rings. The average Bonchev–Trinajstić information content (AvgIpc) is 3.31. The Kier molecular flexibility index (Phi) is 10.1. The molecule has 0 fully saturated rings. The highest BCUT2D eigenvalue weighted by atomic mass is 32.2. The number of carboxylic acids is 1. The molecular weight excluding hydrogens is 494 g/mol. The van der Waals surface area contributed by atoms with Crippen LogP contribution >= 0.6 is 11.3 Å². The summed E-state index contributed by atoms with van der Waals surface area (Å²) in [4.78, 5) is 12.8. The molecule has 0 aliphatic carbocycles. The lowest BCUT2D eigenvalue weighted by atomic mass is 9.90. The minimum atomic E-state index is -3.62. The summed E-state index contributed by atoms with van der Waals surface area (Å²) in [5.41, 5.74) is 3.45. The summed E-state index contributed by atoms with van der Waals surface area (Å²) in [7, 11) is -3.62. The van der Waals surface area contributed by atoms with Crippen LogP contribution in [0.5, 0.6) is 5.75 Å². The number of hydrogen-bond acceptors (Lipinski definition) is 5. The van der Waals surface area contributed by atoms with Crippen LogP contribution in [-0.2, 0) is 28.0 Å². The monoisotopic (exact) mass is 529 g/mol. The van der Waals surface area contributed by atoms with Crippen molar-refractivity contribution in [1.29, 1.82) is 0 Å². The van der Waals surface area contributed by atoms with Crippen molar-refractivity contribution in [3.8, 4) is 16.2 Å². The summed E-state index contributed by atoms with van der Waals surface area (Å²) in [6.07, 6.45) is 5.83. The predicted octanol–water partition coefficient (Wildman–Crippen LogP) is 6.52. The topological polar surface area (TPSA) is 83.9 Å². The normalized spacial score (nSPS) is 11.8. The number of rotatable bonds is 14. The van der Waals surface area contributed by atoms with Crippen LogP contribution in [0.2, 0.25) is 0 Å². The number of ether oxygens (including phenoxy) is 1. The van der Waals surface area contributed by atoms with Crippen LogP contribution in [-0.4, -0.2) is 36.6 Å². The van der Waals surface area contributed by atoms with Crippen LogP contribution in [0.25, 0.3) is 10.4 Å². The van der Waals surface area contributed by atoms with E-state index in [1.807, 2.05) is 36.4 Å². The third-order valence-corrected chi connectivity index (χ3v) is 8.36. The van der Waals surface area contributed by atoms with Crippen LogP contribution in [0.4, 0.5) is 0 Å². The first kappa shape index (κ1) is 27.9. The largest absolute Gasteiger partial charge is 0.489 e. The maximum atomic E-state index is 11.9. The van der Waals surface area contributed by atoms with Gasteiger partial charge in [-0.1, -0.05) is 63.1 Å². The number of nitrogens with zero attached hydrogens (tertiary/aromatic N) is 1. The van der Waals surface area contributed by atoms with E-state index in [9.17, 15) is 13.2 Å². The van der Waals surface area contributed by atoms with Gasteiger partial charge < -0.3 is 9.84 Å². The zero-order valence-corrected chi connectivity index (χ0v) is 22.8. The van der Waals surface area contributed by atoms with Crippen LogP contribution in [0.15, 0.2) is 60.7 Å². The number of sulfonamides is 1. The summed E-state index contributed by atoms with van der Waals surface area (Å²) in [5, 5.41) is 9.01.